The Hall–Kier alpha value is -4.05. The molecule has 2 atom stereocenters. The van der Waals surface area contributed by atoms with Gasteiger partial charge in [0.25, 0.3) is 0 Å². The van der Waals surface area contributed by atoms with Crippen molar-refractivity contribution in [1.29, 1.82) is 5.26 Å². The molecule has 3 aromatic carbocycles. The van der Waals surface area contributed by atoms with Crippen LogP contribution in [0.3, 0.4) is 0 Å². The first-order valence-corrected chi connectivity index (χ1v) is 11.7. The van der Waals surface area contributed by atoms with Crippen LogP contribution in [0.5, 0.6) is 11.5 Å². The van der Waals surface area contributed by atoms with Crippen molar-refractivity contribution >= 4 is 17.3 Å². The second-order valence-corrected chi connectivity index (χ2v) is 8.91. The number of halogens is 1. The number of carboxylic acids is 1. The third-order valence-electron chi connectivity index (χ3n) is 6.73. The maximum atomic E-state index is 14.8. The van der Waals surface area contributed by atoms with Gasteiger partial charge in [0.1, 0.15) is 17.3 Å². The molecule has 6 nitrogen and oxygen atoms in total. The van der Waals surface area contributed by atoms with Gasteiger partial charge in [-0.3, -0.25) is 4.79 Å². The molecule has 5 rings (SSSR count). The smallest absolute Gasteiger partial charge is 0.304 e. The van der Waals surface area contributed by atoms with Crippen molar-refractivity contribution < 1.29 is 23.8 Å². The number of anilines is 2. The summed E-state index contributed by atoms with van der Waals surface area (Å²) in [7, 11) is 0. The monoisotopic (exact) mass is 472 g/mol. The fraction of sp³-hybridized carbons (Fsp3) is 0.286. The quantitative estimate of drug-likeness (QED) is 0.487. The maximum Gasteiger partial charge on any atom is 0.304 e. The Bertz CT molecular complexity index is 1330. The Labute approximate surface area is 203 Å². The average molecular weight is 473 g/mol. The molecule has 3 aromatic rings. The van der Waals surface area contributed by atoms with Crippen molar-refractivity contribution in [3.8, 4) is 17.6 Å². The summed E-state index contributed by atoms with van der Waals surface area (Å²) < 4.78 is 26.7. The minimum absolute atomic E-state index is 0.0622. The van der Waals surface area contributed by atoms with Crippen LogP contribution in [0.25, 0.3) is 0 Å². The number of fused-ring (bicyclic) bond motifs is 2. The number of rotatable bonds is 7. The molecule has 0 fully saturated rings. The predicted molar refractivity (Wildman–Crippen MR) is 129 cm³/mol. The zero-order chi connectivity index (χ0) is 24.5. The van der Waals surface area contributed by atoms with Crippen molar-refractivity contribution in [2.24, 2.45) is 0 Å². The number of ether oxygens (including phenoxy) is 2. The Balaban J connectivity index is 1.40. The largest absolute Gasteiger partial charge is 0.493 e. The fourth-order valence-corrected chi connectivity index (χ4v) is 5.05. The summed E-state index contributed by atoms with van der Waals surface area (Å²) in [5.41, 5.74) is 4.59. The highest BCUT2D eigenvalue weighted by Gasteiger charge is 2.31. The van der Waals surface area contributed by atoms with E-state index in [-0.39, 0.29) is 23.8 Å². The lowest BCUT2D eigenvalue weighted by Gasteiger charge is -2.25. The number of hydrogen-bond donors (Lipinski definition) is 1. The van der Waals surface area contributed by atoms with E-state index in [1.165, 1.54) is 6.07 Å². The van der Waals surface area contributed by atoms with E-state index >= 15 is 0 Å². The molecule has 0 radical (unpaired) electrons. The highest BCUT2D eigenvalue weighted by Crippen LogP contribution is 2.45. The van der Waals surface area contributed by atoms with Crippen LogP contribution in [0, 0.1) is 17.1 Å². The molecule has 0 saturated heterocycles. The molecule has 0 saturated carbocycles. The molecular weight excluding hydrogens is 447 g/mol. The number of carboxylic acid groups (broad SMARTS) is 1. The van der Waals surface area contributed by atoms with Crippen molar-refractivity contribution in [3.05, 3.63) is 82.7 Å². The topological polar surface area (TPSA) is 82.8 Å². The van der Waals surface area contributed by atoms with Crippen molar-refractivity contribution in [1.82, 2.24) is 0 Å². The molecule has 0 unspecified atom stereocenters. The van der Waals surface area contributed by atoms with E-state index in [2.05, 4.69) is 0 Å². The molecule has 2 heterocycles. The molecule has 0 spiro atoms. The predicted octanol–water partition coefficient (Wildman–Crippen LogP) is 5.52. The van der Waals surface area contributed by atoms with Gasteiger partial charge in [0.2, 0.25) is 0 Å². The Morgan fingerprint density at radius 2 is 1.91 bits per heavy atom. The second kappa shape index (κ2) is 9.30. The molecular formula is C28H25FN2O4. The van der Waals surface area contributed by atoms with Gasteiger partial charge in [-0.05, 0) is 49.2 Å². The number of nitrogens with zero attached hydrogens (tertiary/aromatic N) is 2. The van der Waals surface area contributed by atoms with Crippen LogP contribution < -0.4 is 14.4 Å². The zero-order valence-corrected chi connectivity index (χ0v) is 19.3. The van der Waals surface area contributed by atoms with E-state index < -0.39 is 11.8 Å². The number of nitriles is 1. The number of aliphatic carboxylic acids is 1. The summed E-state index contributed by atoms with van der Waals surface area (Å²) in [5.74, 6) is 0.253. The molecule has 0 aliphatic carbocycles. The molecule has 0 amide bonds. The van der Waals surface area contributed by atoms with Gasteiger partial charge in [0, 0.05) is 29.5 Å². The average Bonchev–Trinajstić information content (AvgIpc) is 3.44. The van der Waals surface area contributed by atoms with Crippen molar-refractivity contribution in [2.75, 3.05) is 24.7 Å². The molecule has 0 aromatic heterocycles. The van der Waals surface area contributed by atoms with Crippen molar-refractivity contribution in [3.63, 3.8) is 0 Å². The van der Waals surface area contributed by atoms with Gasteiger partial charge in [-0.25, -0.2) is 4.39 Å². The molecule has 35 heavy (non-hydrogen) atoms. The summed E-state index contributed by atoms with van der Waals surface area (Å²) in [6.07, 6.45) is 0.806. The first-order chi connectivity index (χ1) is 17.0. The van der Waals surface area contributed by atoms with Crippen LogP contribution in [0.15, 0.2) is 54.6 Å². The lowest BCUT2D eigenvalue weighted by atomic mass is 9.91. The SMILES string of the molecule is CCN(c1ccc(C#N)cc1F)c1cccc2c1OC[C@H]2Cc1ccc2c(c1)OC[C@H]2CC(=O)O. The van der Waals surface area contributed by atoms with Gasteiger partial charge < -0.3 is 19.5 Å². The summed E-state index contributed by atoms with van der Waals surface area (Å²) in [6, 6.07) is 18.4. The van der Waals surface area contributed by atoms with Gasteiger partial charge in [0.05, 0.1) is 42.6 Å². The van der Waals surface area contributed by atoms with E-state index in [4.69, 9.17) is 19.8 Å². The Morgan fingerprint density at radius 3 is 2.66 bits per heavy atom. The van der Waals surface area contributed by atoms with Gasteiger partial charge in [-0.1, -0.05) is 24.3 Å². The molecule has 7 heteroatoms. The van der Waals surface area contributed by atoms with Crippen LogP contribution in [-0.4, -0.2) is 30.8 Å². The summed E-state index contributed by atoms with van der Waals surface area (Å²) in [5, 5.41) is 18.2. The fourth-order valence-electron chi connectivity index (χ4n) is 5.05. The Morgan fingerprint density at radius 1 is 1.09 bits per heavy atom. The molecule has 0 bridgehead atoms. The highest BCUT2D eigenvalue weighted by atomic mass is 19.1. The van der Waals surface area contributed by atoms with Crippen LogP contribution in [0.2, 0.25) is 0 Å². The van der Waals surface area contributed by atoms with Gasteiger partial charge in [-0.15, -0.1) is 0 Å². The maximum absolute atomic E-state index is 14.8. The van der Waals surface area contributed by atoms with E-state index in [9.17, 15) is 9.18 Å². The van der Waals surface area contributed by atoms with Crippen LogP contribution in [-0.2, 0) is 11.2 Å². The number of benzene rings is 3. The van der Waals surface area contributed by atoms with Crippen LogP contribution in [0.4, 0.5) is 15.8 Å². The van der Waals surface area contributed by atoms with E-state index in [0.717, 1.165) is 40.3 Å². The van der Waals surface area contributed by atoms with E-state index in [0.29, 0.717) is 25.4 Å². The number of carbonyl (C=O) groups is 1. The molecule has 2 aliphatic rings. The Kier molecular flexibility index (Phi) is 6.04. The third kappa shape index (κ3) is 4.28. The minimum atomic E-state index is -0.826. The van der Waals surface area contributed by atoms with Gasteiger partial charge in [0.15, 0.2) is 0 Å². The highest BCUT2D eigenvalue weighted by molar-refractivity contribution is 5.73. The minimum Gasteiger partial charge on any atom is -0.493 e. The van der Waals surface area contributed by atoms with Gasteiger partial charge >= 0.3 is 5.97 Å². The standard InChI is InChI=1S/C28H25FN2O4/c1-2-31(24-9-7-18(14-30)11-23(24)29)25-5-3-4-22-19(16-35-28(22)25)10-17-6-8-21-20(13-27(32)33)15-34-26(21)12-17/h3-9,11-12,19-20H,2,10,13,15-16H2,1H3,(H,32,33)/t19-,20-/m1/s1. The molecule has 1 N–H and O–H groups in total. The van der Waals surface area contributed by atoms with E-state index in [1.807, 2.05) is 54.3 Å². The lowest BCUT2D eigenvalue weighted by molar-refractivity contribution is -0.137. The normalized spacial score (nSPS) is 17.6. The zero-order valence-electron chi connectivity index (χ0n) is 19.3. The lowest BCUT2D eigenvalue weighted by Crippen LogP contribution is -2.18. The second-order valence-electron chi connectivity index (χ2n) is 8.91. The first-order valence-electron chi connectivity index (χ1n) is 11.7. The molecule has 2 aliphatic heterocycles. The van der Waals surface area contributed by atoms with Gasteiger partial charge in [-0.2, -0.15) is 5.26 Å². The summed E-state index contributed by atoms with van der Waals surface area (Å²) >= 11 is 0. The summed E-state index contributed by atoms with van der Waals surface area (Å²) in [4.78, 5) is 13.0. The van der Waals surface area contributed by atoms with E-state index in [1.54, 1.807) is 12.1 Å². The van der Waals surface area contributed by atoms with Crippen LogP contribution in [0.1, 0.15) is 47.4 Å². The number of hydrogen-bond acceptors (Lipinski definition) is 5. The first kappa shape index (κ1) is 22.7. The third-order valence-corrected chi connectivity index (χ3v) is 6.73. The molecule has 178 valence electrons. The number of para-hydroxylation sites is 1. The summed E-state index contributed by atoms with van der Waals surface area (Å²) in [6.45, 7) is 3.39. The van der Waals surface area contributed by atoms with Crippen LogP contribution >= 0.6 is 0 Å². The van der Waals surface area contributed by atoms with Crippen molar-refractivity contribution in [2.45, 2.75) is 31.6 Å².